The Kier molecular flexibility index (Phi) is 6.88. The molecular formula is C15H30N2S. The van der Waals surface area contributed by atoms with E-state index in [1.165, 1.54) is 70.2 Å². The summed E-state index contributed by atoms with van der Waals surface area (Å²) in [6.45, 7) is 2.47. The van der Waals surface area contributed by atoms with E-state index in [-0.39, 0.29) is 0 Å². The zero-order chi connectivity index (χ0) is 12.6. The van der Waals surface area contributed by atoms with E-state index in [4.69, 9.17) is 0 Å². The molecule has 2 aliphatic rings. The maximum Gasteiger partial charge on any atom is 0.0110 e. The Morgan fingerprint density at radius 1 is 1.11 bits per heavy atom. The van der Waals surface area contributed by atoms with Gasteiger partial charge in [-0.05, 0) is 63.1 Å². The summed E-state index contributed by atoms with van der Waals surface area (Å²) in [5.41, 5.74) is 0. The molecular weight excluding hydrogens is 240 g/mol. The third kappa shape index (κ3) is 4.43. The summed E-state index contributed by atoms with van der Waals surface area (Å²) >= 11 is 1.96. The van der Waals surface area contributed by atoms with Crippen LogP contribution in [0.1, 0.15) is 51.4 Å². The minimum atomic E-state index is 0.788. The van der Waals surface area contributed by atoms with E-state index in [1.807, 2.05) is 11.8 Å². The van der Waals surface area contributed by atoms with Crippen molar-refractivity contribution in [1.29, 1.82) is 0 Å². The average molecular weight is 270 g/mol. The molecule has 2 fully saturated rings. The topological polar surface area (TPSA) is 24.1 Å². The van der Waals surface area contributed by atoms with Crippen LogP contribution in [0.25, 0.3) is 0 Å². The van der Waals surface area contributed by atoms with Crippen molar-refractivity contribution < 1.29 is 0 Å². The summed E-state index contributed by atoms with van der Waals surface area (Å²) in [5.74, 6) is 2.19. The molecule has 18 heavy (non-hydrogen) atoms. The number of hydrogen-bond acceptors (Lipinski definition) is 3. The fourth-order valence-corrected chi connectivity index (χ4v) is 4.08. The Labute approximate surface area is 117 Å². The number of thioether (sulfide) groups is 1. The van der Waals surface area contributed by atoms with Crippen molar-refractivity contribution in [3.05, 3.63) is 0 Å². The summed E-state index contributed by atoms with van der Waals surface area (Å²) in [6.07, 6.45) is 13.5. The first-order valence-corrected chi connectivity index (χ1v) is 9.27. The van der Waals surface area contributed by atoms with Gasteiger partial charge in [0.15, 0.2) is 0 Å². The lowest BCUT2D eigenvalue weighted by molar-refractivity contribution is 0.182. The van der Waals surface area contributed by atoms with E-state index in [1.54, 1.807) is 0 Å². The molecule has 0 radical (unpaired) electrons. The summed E-state index contributed by atoms with van der Waals surface area (Å²) in [5, 5.41) is 7.63. The van der Waals surface area contributed by atoms with E-state index in [0.717, 1.165) is 18.0 Å². The van der Waals surface area contributed by atoms with Gasteiger partial charge in [-0.25, -0.2) is 0 Å². The lowest BCUT2D eigenvalue weighted by atomic mass is 9.77. The van der Waals surface area contributed by atoms with Crippen LogP contribution in [0, 0.1) is 5.92 Å². The normalized spacial score (nSPS) is 33.5. The average Bonchev–Trinajstić information content (AvgIpc) is 2.45. The minimum Gasteiger partial charge on any atom is -0.314 e. The van der Waals surface area contributed by atoms with Crippen molar-refractivity contribution in [2.45, 2.75) is 63.5 Å². The molecule has 3 atom stereocenters. The second-order valence-electron chi connectivity index (χ2n) is 5.91. The highest BCUT2D eigenvalue weighted by atomic mass is 32.2. The third-order valence-corrected chi connectivity index (χ3v) is 5.31. The molecule has 2 rings (SSSR count). The smallest absolute Gasteiger partial charge is 0.0110 e. The molecule has 1 saturated heterocycles. The van der Waals surface area contributed by atoms with Gasteiger partial charge in [0, 0.05) is 12.1 Å². The van der Waals surface area contributed by atoms with Crippen molar-refractivity contribution in [3.8, 4) is 0 Å². The molecule has 0 amide bonds. The van der Waals surface area contributed by atoms with Gasteiger partial charge in [-0.1, -0.05) is 19.3 Å². The Morgan fingerprint density at radius 3 is 2.72 bits per heavy atom. The Morgan fingerprint density at radius 2 is 1.94 bits per heavy atom. The van der Waals surface area contributed by atoms with Crippen LogP contribution in [0.2, 0.25) is 0 Å². The number of piperidine rings is 1. The first-order valence-electron chi connectivity index (χ1n) is 7.87. The molecule has 2 N–H and O–H groups in total. The molecule has 3 heteroatoms. The number of hydrogen-bond donors (Lipinski definition) is 2. The summed E-state index contributed by atoms with van der Waals surface area (Å²) in [4.78, 5) is 0. The van der Waals surface area contributed by atoms with Crippen LogP contribution in [-0.4, -0.2) is 37.2 Å². The standard InChI is InChI=1S/C15H30N2S/c1-18-12-6-11-17-14-8-3-2-7-13(14)15-9-4-5-10-16-15/h13-17H,2-12H2,1H3. The van der Waals surface area contributed by atoms with Gasteiger partial charge in [-0.3, -0.25) is 0 Å². The molecule has 0 aromatic rings. The Hall–Kier alpha value is 0.270. The number of nitrogens with one attached hydrogen (secondary N) is 2. The van der Waals surface area contributed by atoms with Gasteiger partial charge in [0.25, 0.3) is 0 Å². The predicted octanol–water partition coefficient (Wildman–Crippen LogP) is 3.03. The molecule has 3 unspecified atom stereocenters. The van der Waals surface area contributed by atoms with Crippen LogP contribution >= 0.6 is 11.8 Å². The van der Waals surface area contributed by atoms with Crippen molar-refractivity contribution in [1.82, 2.24) is 10.6 Å². The molecule has 1 saturated carbocycles. The monoisotopic (exact) mass is 270 g/mol. The zero-order valence-electron chi connectivity index (χ0n) is 11.9. The molecule has 0 bridgehead atoms. The molecule has 1 aliphatic carbocycles. The minimum absolute atomic E-state index is 0.788. The van der Waals surface area contributed by atoms with Gasteiger partial charge >= 0.3 is 0 Å². The fourth-order valence-electron chi connectivity index (χ4n) is 3.64. The van der Waals surface area contributed by atoms with Crippen molar-refractivity contribution in [3.63, 3.8) is 0 Å². The molecule has 1 heterocycles. The molecule has 0 aromatic carbocycles. The van der Waals surface area contributed by atoms with E-state index in [2.05, 4.69) is 16.9 Å². The molecule has 1 aliphatic heterocycles. The zero-order valence-corrected chi connectivity index (χ0v) is 12.7. The van der Waals surface area contributed by atoms with Gasteiger partial charge in [0.2, 0.25) is 0 Å². The van der Waals surface area contributed by atoms with E-state index >= 15 is 0 Å². The fraction of sp³-hybridized carbons (Fsp3) is 1.00. The highest BCUT2D eigenvalue weighted by molar-refractivity contribution is 7.98. The van der Waals surface area contributed by atoms with Crippen molar-refractivity contribution in [2.75, 3.05) is 25.1 Å². The SMILES string of the molecule is CSCCCNC1CCCCC1C1CCCCN1. The van der Waals surface area contributed by atoms with E-state index in [0.29, 0.717) is 0 Å². The molecule has 106 valence electrons. The largest absolute Gasteiger partial charge is 0.314 e. The van der Waals surface area contributed by atoms with Gasteiger partial charge in [-0.15, -0.1) is 0 Å². The van der Waals surface area contributed by atoms with Crippen molar-refractivity contribution >= 4 is 11.8 Å². The Balaban J connectivity index is 1.77. The maximum atomic E-state index is 3.85. The van der Waals surface area contributed by atoms with Gasteiger partial charge < -0.3 is 10.6 Å². The lowest BCUT2D eigenvalue weighted by Gasteiger charge is -2.40. The van der Waals surface area contributed by atoms with E-state index < -0.39 is 0 Å². The predicted molar refractivity (Wildman–Crippen MR) is 82.4 cm³/mol. The van der Waals surface area contributed by atoms with Crippen LogP contribution in [0.15, 0.2) is 0 Å². The lowest BCUT2D eigenvalue weighted by Crippen LogP contribution is -2.50. The maximum absolute atomic E-state index is 3.85. The Bertz CT molecular complexity index is 217. The molecule has 0 aromatic heterocycles. The molecule has 0 spiro atoms. The van der Waals surface area contributed by atoms with Crippen LogP contribution < -0.4 is 10.6 Å². The van der Waals surface area contributed by atoms with Crippen LogP contribution in [0.5, 0.6) is 0 Å². The van der Waals surface area contributed by atoms with Gasteiger partial charge in [0.1, 0.15) is 0 Å². The second-order valence-corrected chi connectivity index (χ2v) is 6.90. The van der Waals surface area contributed by atoms with Crippen LogP contribution in [0.4, 0.5) is 0 Å². The summed E-state index contributed by atoms with van der Waals surface area (Å²) in [6, 6.07) is 1.59. The van der Waals surface area contributed by atoms with Gasteiger partial charge in [-0.2, -0.15) is 11.8 Å². The summed E-state index contributed by atoms with van der Waals surface area (Å²) < 4.78 is 0. The summed E-state index contributed by atoms with van der Waals surface area (Å²) in [7, 11) is 0. The first-order chi connectivity index (χ1) is 8.92. The number of rotatable bonds is 6. The van der Waals surface area contributed by atoms with Gasteiger partial charge in [0.05, 0.1) is 0 Å². The van der Waals surface area contributed by atoms with Crippen LogP contribution in [-0.2, 0) is 0 Å². The quantitative estimate of drug-likeness (QED) is 0.726. The van der Waals surface area contributed by atoms with Crippen molar-refractivity contribution in [2.24, 2.45) is 5.92 Å². The molecule has 2 nitrogen and oxygen atoms in total. The highest BCUT2D eigenvalue weighted by Gasteiger charge is 2.31. The third-order valence-electron chi connectivity index (χ3n) is 4.62. The van der Waals surface area contributed by atoms with Crippen LogP contribution in [0.3, 0.4) is 0 Å². The van der Waals surface area contributed by atoms with E-state index in [9.17, 15) is 0 Å². The second kappa shape index (κ2) is 8.44. The highest BCUT2D eigenvalue weighted by Crippen LogP contribution is 2.30. The first kappa shape index (κ1) is 14.7.